The molecule has 0 radical (unpaired) electrons. The van der Waals surface area contributed by atoms with Gasteiger partial charge >= 0.3 is 0 Å². The molecule has 0 saturated carbocycles. The zero-order valence-electron chi connectivity index (χ0n) is 11.7. The molecule has 1 aromatic carbocycles. The average molecular weight is 264 g/mol. The van der Waals surface area contributed by atoms with E-state index in [1.54, 1.807) is 0 Å². The van der Waals surface area contributed by atoms with Crippen LogP contribution in [0.2, 0.25) is 0 Å². The second kappa shape index (κ2) is 7.92. The van der Waals surface area contributed by atoms with Crippen molar-refractivity contribution in [2.45, 2.75) is 32.7 Å². The summed E-state index contributed by atoms with van der Waals surface area (Å²) in [6.45, 7) is 4.62. The van der Waals surface area contributed by atoms with Crippen molar-refractivity contribution < 1.29 is 9.90 Å². The molecule has 0 aliphatic heterocycles. The normalized spacial score (nSPS) is 12.5. The van der Waals surface area contributed by atoms with E-state index in [-0.39, 0.29) is 12.5 Å². The summed E-state index contributed by atoms with van der Waals surface area (Å²) in [7, 11) is 0. The zero-order chi connectivity index (χ0) is 14.3. The molecule has 1 aromatic rings. The number of nitrogens with one attached hydrogen (secondary N) is 1. The van der Waals surface area contributed by atoms with Crippen molar-refractivity contribution in [3.8, 4) is 0 Å². The summed E-state index contributed by atoms with van der Waals surface area (Å²) in [6, 6.07) is 7.63. The van der Waals surface area contributed by atoms with Crippen LogP contribution in [0, 0.1) is 5.92 Å². The summed E-state index contributed by atoms with van der Waals surface area (Å²) in [5.41, 5.74) is 7.92. The van der Waals surface area contributed by atoms with Crippen LogP contribution in [-0.2, 0) is 17.6 Å². The third-order valence-corrected chi connectivity index (χ3v) is 2.91. The van der Waals surface area contributed by atoms with Crippen molar-refractivity contribution in [2.24, 2.45) is 11.7 Å². The summed E-state index contributed by atoms with van der Waals surface area (Å²) < 4.78 is 0. The highest BCUT2D eigenvalue weighted by molar-refractivity contribution is 5.81. The van der Waals surface area contributed by atoms with Crippen molar-refractivity contribution in [2.75, 3.05) is 13.2 Å². The van der Waals surface area contributed by atoms with E-state index in [2.05, 4.69) is 43.4 Å². The second-order valence-corrected chi connectivity index (χ2v) is 5.24. The van der Waals surface area contributed by atoms with Crippen LogP contribution in [0.4, 0.5) is 0 Å². The number of carbonyl (C=O) groups is 1. The molecule has 1 amide bonds. The number of amides is 1. The van der Waals surface area contributed by atoms with Gasteiger partial charge in [-0.2, -0.15) is 0 Å². The molecule has 1 rings (SSSR count). The first-order chi connectivity index (χ1) is 9.02. The van der Waals surface area contributed by atoms with E-state index in [1.165, 1.54) is 11.1 Å². The number of hydrogen-bond donors (Lipinski definition) is 3. The summed E-state index contributed by atoms with van der Waals surface area (Å²) in [5.74, 6) is 0.351. The molecule has 106 valence electrons. The molecule has 19 heavy (non-hydrogen) atoms. The smallest absolute Gasteiger partial charge is 0.239 e. The van der Waals surface area contributed by atoms with Gasteiger partial charge in [-0.25, -0.2) is 0 Å². The third-order valence-electron chi connectivity index (χ3n) is 2.91. The van der Waals surface area contributed by atoms with Crippen LogP contribution in [0.5, 0.6) is 0 Å². The van der Waals surface area contributed by atoms with Crippen LogP contribution in [0.3, 0.4) is 0 Å². The SMILES string of the molecule is CC(C)Cc1ccc(CCNC(=O)C(N)CO)cc1. The van der Waals surface area contributed by atoms with Gasteiger partial charge in [0.15, 0.2) is 0 Å². The maximum atomic E-state index is 11.3. The maximum absolute atomic E-state index is 11.3. The Morgan fingerprint density at radius 2 is 1.84 bits per heavy atom. The van der Waals surface area contributed by atoms with Crippen LogP contribution >= 0.6 is 0 Å². The van der Waals surface area contributed by atoms with Crippen LogP contribution in [-0.4, -0.2) is 30.2 Å². The van der Waals surface area contributed by atoms with Gasteiger partial charge in [0.2, 0.25) is 5.91 Å². The van der Waals surface area contributed by atoms with Gasteiger partial charge in [0.25, 0.3) is 0 Å². The lowest BCUT2D eigenvalue weighted by atomic mass is 10.0. The Hall–Kier alpha value is -1.39. The van der Waals surface area contributed by atoms with E-state index in [0.717, 1.165) is 12.8 Å². The number of aliphatic hydroxyl groups excluding tert-OH is 1. The van der Waals surface area contributed by atoms with Gasteiger partial charge in [-0.15, -0.1) is 0 Å². The molecule has 0 heterocycles. The Morgan fingerprint density at radius 1 is 1.26 bits per heavy atom. The molecular formula is C15H24N2O2. The number of benzene rings is 1. The molecule has 0 spiro atoms. The Balaban J connectivity index is 2.36. The number of nitrogens with two attached hydrogens (primary N) is 1. The lowest BCUT2D eigenvalue weighted by Crippen LogP contribution is -2.43. The fourth-order valence-corrected chi connectivity index (χ4v) is 1.86. The summed E-state index contributed by atoms with van der Waals surface area (Å²) >= 11 is 0. The molecule has 4 N–H and O–H groups in total. The molecule has 0 fully saturated rings. The van der Waals surface area contributed by atoms with Crippen molar-refractivity contribution in [1.82, 2.24) is 5.32 Å². The number of rotatable bonds is 7. The fourth-order valence-electron chi connectivity index (χ4n) is 1.86. The van der Waals surface area contributed by atoms with Crippen molar-refractivity contribution >= 4 is 5.91 Å². The summed E-state index contributed by atoms with van der Waals surface area (Å²) in [4.78, 5) is 11.3. The number of hydrogen-bond acceptors (Lipinski definition) is 3. The zero-order valence-corrected chi connectivity index (χ0v) is 11.7. The van der Waals surface area contributed by atoms with Gasteiger partial charge in [0, 0.05) is 6.54 Å². The predicted molar refractivity (Wildman–Crippen MR) is 76.8 cm³/mol. The predicted octanol–water partition coefficient (Wildman–Crippen LogP) is 0.863. The minimum absolute atomic E-state index is 0.307. The summed E-state index contributed by atoms with van der Waals surface area (Å²) in [6.07, 6.45) is 1.86. The quantitative estimate of drug-likeness (QED) is 0.684. The standard InChI is InChI=1S/C15H24N2O2/c1-11(2)9-13-5-3-12(4-6-13)7-8-17-15(19)14(16)10-18/h3-6,11,14,18H,7-10,16H2,1-2H3,(H,17,19). The Morgan fingerprint density at radius 3 is 2.37 bits per heavy atom. The molecule has 1 atom stereocenters. The molecule has 4 heteroatoms. The van der Waals surface area contributed by atoms with Gasteiger partial charge in [0.1, 0.15) is 6.04 Å². The highest BCUT2D eigenvalue weighted by Crippen LogP contribution is 2.09. The first kappa shape index (κ1) is 15.7. The second-order valence-electron chi connectivity index (χ2n) is 5.24. The average Bonchev–Trinajstić information content (AvgIpc) is 2.39. The van der Waals surface area contributed by atoms with Gasteiger partial charge in [-0.1, -0.05) is 38.1 Å². The van der Waals surface area contributed by atoms with Gasteiger partial charge in [0.05, 0.1) is 6.61 Å². The molecular weight excluding hydrogens is 240 g/mol. The van der Waals surface area contributed by atoms with Gasteiger partial charge < -0.3 is 16.2 Å². The van der Waals surface area contributed by atoms with Crippen molar-refractivity contribution in [3.05, 3.63) is 35.4 Å². The van der Waals surface area contributed by atoms with Gasteiger partial charge in [-0.3, -0.25) is 4.79 Å². The van der Waals surface area contributed by atoms with Crippen molar-refractivity contribution in [1.29, 1.82) is 0 Å². The van der Waals surface area contributed by atoms with Crippen LogP contribution < -0.4 is 11.1 Å². The van der Waals surface area contributed by atoms with Crippen molar-refractivity contribution in [3.63, 3.8) is 0 Å². The fraction of sp³-hybridized carbons (Fsp3) is 0.533. The van der Waals surface area contributed by atoms with Crippen LogP contribution in [0.1, 0.15) is 25.0 Å². The molecule has 0 aliphatic rings. The topological polar surface area (TPSA) is 75.4 Å². The summed E-state index contributed by atoms with van der Waals surface area (Å²) in [5, 5.41) is 11.4. The van der Waals surface area contributed by atoms with Crippen LogP contribution in [0.15, 0.2) is 24.3 Å². The van der Waals surface area contributed by atoms with E-state index in [9.17, 15) is 4.79 Å². The Labute approximate surface area is 115 Å². The van der Waals surface area contributed by atoms with E-state index in [0.29, 0.717) is 12.5 Å². The monoisotopic (exact) mass is 264 g/mol. The molecule has 0 bridgehead atoms. The highest BCUT2D eigenvalue weighted by Gasteiger charge is 2.10. The maximum Gasteiger partial charge on any atom is 0.239 e. The molecule has 0 aromatic heterocycles. The lowest BCUT2D eigenvalue weighted by molar-refractivity contribution is -0.123. The first-order valence-corrected chi connectivity index (χ1v) is 6.75. The minimum Gasteiger partial charge on any atom is -0.394 e. The lowest BCUT2D eigenvalue weighted by Gasteiger charge is -2.10. The highest BCUT2D eigenvalue weighted by atomic mass is 16.3. The molecule has 4 nitrogen and oxygen atoms in total. The van der Waals surface area contributed by atoms with Crippen LogP contribution in [0.25, 0.3) is 0 Å². The molecule has 0 saturated heterocycles. The van der Waals surface area contributed by atoms with Gasteiger partial charge in [-0.05, 0) is 29.9 Å². The Bertz CT molecular complexity index is 388. The largest absolute Gasteiger partial charge is 0.394 e. The number of aliphatic hydroxyl groups is 1. The number of carbonyl (C=O) groups excluding carboxylic acids is 1. The van der Waals surface area contributed by atoms with E-state index >= 15 is 0 Å². The van der Waals surface area contributed by atoms with E-state index in [1.807, 2.05) is 0 Å². The third kappa shape index (κ3) is 5.85. The minimum atomic E-state index is -0.826. The van der Waals surface area contributed by atoms with E-state index < -0.39 is 6.04 Å². The molecule has 1 unspecified atom stereocenters. The Kier molecular flexibility index (Phi) is 6.53. The molecule has 0 aliphatic carbocycles. The van der Waals surface area contributed by atoms with E-state index in [4.69, 9.17) is 10.8 Å². The first-order valence-electron chi connectivity index (χ1n) is 6.75.